The van der Waals surface area contributed by atoms with Gasteiger partial charge in [-0.15, -0.1) is 10.2 Å². The minimum atomic E-state index is 0.185. The van der Waals surface area contributed by atoms with Crippen molar-refractivity contribution in [2.24, 2.45) is 0 Å². The van der Waals surface area contributed by atoms with Crippen molar-refractivity contribution >= 4 is 11.8 Å². The van der Waals surface area contributed by atoms with Crippen LogP contribution in [-0.2, 0) is 17.0 Å². The zero-order chi connectivity index (χ0) is 20.1. The molecule has 4 rings (SSSR count). The lowest BCUT2D eigenvalue weighted by Crippen LogP contribution is -2.16. The molecule has 1 fully saturated rings. The number of nitrogens with zero attached hydrogens (tertiary/aromatic N) is 4. The molecule has 6 nitrogen and oxygen atoms in total. The van der Waals surface area contributed by atoms with Crippen molar-refractivity contribution in [3.63, 3.8) is 0 Å². The fraction of sp³-hybridized carbons (Fsp3) is 0.318. The van der Waals surface area contributed by atoms with E-state index in [0.29, 0.717) is 5.56 Å². The van der Waals surface area contributed by atoms with Crippen LogP contribution in [-0.4, -0.2) is 34.6 Å². The van der Waals surface area contributed by atoms with E-state index in [2.05, 4.69) is 20.8 Å². The fourth-order valence-electron chi connectivity index (χ4n) is 3.38. The monoisotopic (exact) mass is 406 g/mol. The summed E-state index contributed by atoms with van der Waals surface area (Å²) in [5.74, 6) is 2.37. The van der Waals surface area contributed by atoms with Crippen molar-refractivity contribution in [1.29, 1.82) is 5.26 Å². The molecule has 0 bridgehead atoms. The van der Waals surface area contributed by atoms with Crippen LogP contribution in [0.1, 0.15) is 24.0 Å². The van der Waals surface area contributed by atoms with Crippen LogP contribution in [0.2, 0.25) is 0 Å². The second-order valence-electron chi connectivity index (χ2n) is 6.88. The standard InChI is InChI=1S/C22H22N4O2S/c1-27-19-9-7-18(8-10-19)21-24-25-22(26(21)14-20-6-3-11-28-20)29-15-17-5-2-4-16(12-17)13-23/h2,4-5,7-10,12,20H,3,6,11,14-15H2,1H3. The molecule has 1 unspecified atom stereocenters. The average molecular weight is 407 g/mol. The molecule has 0 radical (unpaired) electrons. The average Bonchev–Trinajstić information content (AvgIpc) is 3.43. The minimum Gasteiger partial charge on any atom is -0.497 e. The highest BCUT2D eigenvalue weighted by Crippen LogP contribution is 2.29. The maximum absolute atomic E-state index is 9.11. The maximum Gasteiger partial charge on any atom is 0.191 e. The second-order valence-corrected chi connectivity index (χ2v) is 7.82. The largest absolute Gasteiger partial charge is 0.497 e. The van der Waals surface area contributed by atoms with E-state index >= 15 is 0 Å². The highest BCUT2D eigenvalue weighted by Gasteiger charge is 2.22. The molecule has 0 saturated carbocycles. The number of thioether (sulfide) groups is 1. The van der Waals surface area contributed by atoms with Crippen LogP contribution in [0.25, 0.3) is 11.4 Å². The predicted octanol–water partition coefficient (Wildman–Crippen LogP) is 4.30. The van der Waals surface area contributed by atoms with Gasteiger partial charge in [0.2, 0.25) is 0 Å². The van der Waals surface area contributed by atoms with Gasteiger partial charge in [0.1, 0.15) is 5.75 Å². The van der Waals surface area contributed by atoms with Gasteiger partial charge in [-0.2, -0.15) is 5.26 Å². The van der Waals surface area contributed by atoms with Crippen LogP contribution >= 0.6 is 11.8 Å². The molecular weight excluding hydrogens is 384 g/mol. The van der Waals surface area contributed by atoms with Crippen LogP contribution in [0.3, 0.4) is 0 Å². The number of rotatable bonds is 7. The molecule has 0 aliphatic carbocycles. The van der Waals surface area contributed by atoms with Gasteiger partial charge < -0.3 is 9.47 Å². The molecular formula is C22H22N4O2S. The minimum absolute atomic E-state index is 0.185. The van der Waals surface area contributed by atoms with E-state index in [9.17, 15) is 0 Å². The summed E-state index contributed by atoms with van der Waals surface area (Å²) in [6, 6.07) is 17.7. The molecule has 0 amide bonds. The van der Waals surface area contributed by atoms with E-state index in [1.54, 1.807) is 18.9 Å². The molecule has 148 valence electrons. The Balaban J connectivity index is 1.59. The van der Waals surface area contributed by atoms with Crippen LogP contribution < -0.4 is 4.74 Å². The van der Waals surface area contributed by atoms with Gasteiger partial charge >= 0.3 is 0 Å². The zero-order valence-corrected chi connectivity index (χ0v) is 17.1. The summed E-state index contributed by atoms with van der Waals surface area (Å²) in [7, 11) is 1.66. The van der Waals surface area contributed by atoms with E-state index in [0.717, 1.165) is 59.6 Å². The van der Waals surface area contributed by atoms with Gasteiger partial charge in [0.15, 0.2) is 11.0 Å². The number of aromatic nitrogens is 3. The molecule has 0 spiro atoms. The molecule has 7 heteroatoms. The van der Waals surface area contributed by atoms with Gasteiger partial charge in [-0.25, -0.2) is 0 Å². The Labute approximate surface area is 174 Å². The van der Waals surface area contributed by atoms with Gasteiger partial charge in [-0.05, 0) is 54.8 Å². The summed E-state index contributed by atoms with van der Waals surface area (Å²) in [5.41, 5.74) is 2.75. The van der Waals surface area contributed by atoms with Crippen molar-refractivity contribution in [2.75, 3.05) is 13.7 Å². The van der Waals surface area contributed by atoms with Crippen molar-refractivity contribution in [3.8, 4) is 23.2 Å². The first-order valence-corrected chi connectivity index (χ1v) is 10.6. The van der Waals surface area contributed by atoms with Crippen LogP contribution in [0, 0.1) is 11.3 Å². The molecule has 2 aromatic carbocycles. The number of hydrogen-bond donors (Lipinski definition) is 0. The first-order valence-electron chi connectivity index (χ1n) is 9.58. The summed E-state index contributed by atoms with van der Waals surface area (Å²) in [4.78, 5) is 0. The van der Waals surface area contributed by atoms with Crippen molar-refractivity contribution < 1.29 is 9.47 Å². The quantitative estimate of drug-likeness (QED) is 0.545. The zero-order valence-electron chi connectivity index (χ0n) is 16.2. The lowest BCUT2D eigenvalue weighted by molar-refractivity contribution is 0.0953. The van der Waals surface area contributed by atoms with Gasteiger partial charge in [-0.1, -0.05) is 23.9 Å². The number of ether oxygens (including phenoxy) is 2. The van der Waals surface area contributed by atoms with Crippen molar-refractivity contribution in [3.05, 3.63) is 59.7 Å². The third-order valence-corrected chi connectivity index (χ3v) is 5.94. The smallest absolute Gasteiger partial charge is 0.191 e. The molecule has 2 heterocycles. The third kappa shape index (κ3) is 4.61. The summed E-state index contributed by atoms with van der Waals surface area (Å²) in [5, 5.41) is 18.9. The number of methoxy groups -OCH3 is 1. The predicted molar refractivity (Wildman–Crippen MR) is 112 cm³/mol. The first-order chi connectivity index (χ1) is 14.3. The Hall–Kier alpha value is -2.82. The normalized spacial score (nSPS) is 15.9. The highest BCUT2D eigenvalue weighted by atomic mass is 32.2. The highest BCUT2D eigenvalue weighted by molar-refractivity contribution is 7.98. The molecule has 1 saturated heterocycles. The van der Waals surface area contributed by atoms with E-state index in [1.165, 1.54) is 0 Å². The summed E-state index contributed by atoms with van der Waals surface area (Å²) in [6.45, 7) is 1.54. The van der Waals surface area contributed by atoms with Crippen LogP contribution in [0.15, 0.2) is 53.7 Å². The Kier molecular flexibility index (Phi) is 6.13. The van der Waals surface area contributed by atoms with Gasteiger partial charge in [0, 0.05) is 17.9 Å². The van der Waals surface area contributed by atoms with Gasteiger partial charge in [0.25, 0.3) is 0 Å². The number of benzene rings is 2. The molecule has 3 aromatic rings. The molecule has 0 N–H and O–H groups in total. The van der Waals surface area contributed by atoms with Crippen molar-refractivity contribution in [1.82, 2.24) is 14.8 Å². The molecule has 1 aliphatic rings. The Bertz CT molecular complexity index is 1000. The Morgan fingerprint density at radius 1 is 1.24 bits per heavy atom. The molecule has 1 aromatic heterocycles. The first kappa shape index (κ1) is 19.5. The van der Waals surface area contributed by atoms with Crippen LogP contribution in [0.5, 0.6) is 5.75 Å². The topological polar surface area (TPSA) is 73.0 Å². The van der Waals surface area contributed by atoms with Gasteiger partial charge in [-0.3, -0.25) is 4.57 Å². The number of hydrogen-bond acceptors (Lipinski definition) is 6. The van der Waals surface area contributed by atoms with E-state index in [1.807, 2.05) is 48.5 Å². The Morgan fingerprint density at radius 3 is 2.83 bits per heavy atom. The van der Waals surface area contributed by atoms with E-state index < -0.39 is 0 Å². The van der Waals surface area contributed by atoms with Gasteiger partial charge in [0.05, 0.1) is 31.4 Å². The lowest BCUT2D eigenvalue weighted by Gasteiger charge is -2.15. The van der Waals surface area contributed by atoms with Crippen molar-refractivity contribution in [2.45, 2.75) is 36.4 Å². The summed E-state index contributed by atoms with van der Waals surface area (Å²) >= 11 is 1.63. The summed E-state index contributed by atoms with van der Waals surface area (Å²) in [6.07, 6.45) is 2.33. The third-order valence-electron chi connectivity index (χ3n) is 4.90. The number of nitriles is 1. The summed E-state index contributed by atoms with van der Waals surface area (Å²) < 4.78 is 13.3. The Morgan fingerprint density at radius 2 is 2.10 bits per heavy atom. The lowest BCUT2D eigenvalue weighted by atomic mass is 10.2. The fourth-order valence-corrected chi connectivity index (χ4v) is 4.27. The molecule has 29 heavy (non-hydrogen) atoms. The SMILES string of the molecule is COc1ccc(-c2nnc(SCc3cccc(C#N)c3)n2CC2CCCO2)cc1. The molecule has 1 aliphatic heterocycles. The maximum atomic E-state index is 9.11. The van der Waals surface area contributed by atoms with Crippen LogP contribution in [0.4, 0.5) is 0 Å². The van der Waals surface area contributed by atoms with E-state index in [-0.39, 0.29) is 6.10 Å². The second kappa shape index (κ2) is 9.12. The molecule has 1 atom stereocenters. The van der Waals surface area contributed by atoms with E-state index in [4.69, 9.17) is 14.7 Å².